The maximum Gasteiger partial charge on any atom is 0.237 e. The van der Waals surface area contributed by atoms with Crippen LogP contribution in [0.15, 0.2) is 42.7 Å². The van der Waals surface area contributed by atoms with E-state index in [0.29, 0.717) is 18.9 Å². The van der Waals surface area contributed by atoms with Crippen molar-refractivity contribution in [2.75, 3.05) is 35.2 Å². The number of benzene rings is 1. The van der Waals surface area contributed by atoms with Crippen LogP contribution in [0.4, 0.5) is 22.9 Å². The molecule has 3 aromatic rings. The van der Waals surface area contributed by atoms with E-state index < -0.39 is 0 Å². The third kappa shape index (κ3) is 3.91. The van der Waals surface area contributed by atoms with Gasteiger partial charge in [0.05, 0.1) is 11.9 Å². The second-order valence-corrected chi connectivity index (χ2v) is 7.93. The lowest BCUT2D eigenvalue weighted by molar-refractivity contribution is -0.107. The van der Waals surface area contributed by atoms with E-state index in [1.165, 1.54) is 16.7 Å². The Morgan fingerprint density at radius 3 is 2.90 bits per heavy atom. The van der Waals surface area contributed by atoms with Crippen molar-refractivity contribution in [3.05, 3.63) is 65.0 Å². The van der Waals surface area contributed by atoms with Gasteiger partial charge in [-0.15, -0.1) is 0 Å². The lowest BCUT2D eigenvalue weighted by Gasteiger charge is -2.33. The van der Waals surface area contributed by atoms with E-state index in [2.05, 4.69) is 38.5 Å². The number of rotatable bonds is 5. The van der Waals surface area contributed by atoms with Crippen LogP contribution in [0.2, 0.25) is 0 Å². The number of anilines is 4. The first-order chi connectivity index (χ1) is 15.2. The summed E-state index contributed by atoms with van der Waals surface area (Å²) in [5, 5.41) is 6.80. The summed E-state index contributed by atoms with van der Waals surface area (Å²) in [5.74, 6) is 1.51. The van der Waals surface area contributed by atoms with E-state index in [-0.39, 0.29) is 0 Å². The summed E-state index contributed by atoms with van der Waals surface area (Å²) in [7, 11) is 0. The van der Waals surface area contributed by atoms with E-state index in [4.69, 9.17) is 4.74 Å². The number of pyridine rings is 2. The normalized spacial score (nSPS) is 14.7. The van der Waals surface area contributed by atoms with Gasteiger partial charge in [0.2, 0.25) is 5.88 Å². The fourth-order valence-electron chi connectivity index (χ4n) is 4.21. The van der Waals surface area contributed by atoms with Crippen molar-refractivity contribution in [1.82, 2.24) is 9.97 Å². The van der Waals surface area contributed by atoms with E-state index in [9.17, 15) is 4.79 Å². The number of aromatic nitrogens is 2. The van der Waals surface area contributed by atoms with Crippen LogP contribution in [0, 0.1) is 6.92 Å². The van der Waals surface area contributed by atoms with Crippen molar-refractivity contribution in [3.8, 4) is 5.88 Å². The van der Waals surface area contributed by atoms with Gasteiger partial charge >= 0.3 is 0 Å². The monoisotopic (exact) mass is 415 g/mol. The first-order valence-electron chi connectivity index (χ1n) is 10.6. The Morgan fingerprint density at radius 2 is 2.06 bits per heavy atom. The zero-order chi connectivity index (χ0) is 21.2. The molecule has 0 bridgehead atoms. The highest BCUT2D eigenvalue weighted by molar-refractivity contribution is 5.71. The molecule has 7 heteroatoms. The van der Waals surface area contributed by atoms with E-state index in [0.717, 1.165) is 60.8 Å². The molecule has 7 nitrogen and oxygen atoms in total. The summed E-state index contributed by atoms with van der Waals surface area (Å²) in [6.45, 7) is 5.33. The van der Waals surface area contributed by atoms with Crippen LogP contribution >= 0.6 is 0 Å². The van der Waals surface area contributed by atoms with Gasteiger partial charge in [0, 0.05) is 43.5 Å². The van der Waals surface area contributed by atoms with Crippen molar-refractivity contribution in [2.45, 2.75) is 26.3 Å². The second kappa shape index (κ2) is 8.26. The fraction of sp³-hybridized carbons (Fsp3) is 0.292. The maximum absolute atomic E-state index is 10.7. The quantitative estimate of drug-likeness (QED) is 0.616. The van der Waals surface area contributed by atoms with Gasteiger partial charge in [-0.3, -0.25) is 0 Å². The zero-order valence-electron chi connectivity index (χ0n) is 17.5. The van der Waals surface area contributed by atoms with Crippen LogP contribution in [-0.4, -0.2) is 36.0 Å². The molecule has 5 rings (SSSR count). The van der Waals surface area contributed by atoms with Gasteiger partial charge in [-0.1, -0.05) is 12.1 Å². The van der Waals surface area contributed by atoms with E-state index >= 15 is 0 Å². The summed E-state index contributed by atoms with van der Waals surface area (Å²) in [5.41, 5.74) is 7.83. The van der Waals surface area contributed by atoms with Crippen molar-refractivity contribution in [3.63, 3.8) is 0 Å². The predicted molar refractivity (Wildman–Crippen MR) is 121 cm³/mol. The number of nitrogens with one attached hydrogen (secondary N) is 2. The standard InChI is InChI=1S/C24H25N5O2/c1-16-21(14-27-24-23(16)25-8-11-31-24)29-9-6-18-13-26-22(12-19(18)15-29)28-20-4-2-17(3-5-20)7-10-30/h2-5,10,12-14,25H,6-9,11,15H2,1H3,(H,26,28). The van der Waals surface area contributed by atoms with Crippen molar-refractivity contribution < 1.29 is 9.53 Å². The minimum Gasteiger partial charge on any atom is -0.474 e. The van der Waals surface area contributed by atoms with E-state index in [1.54, 1.807) is 0 Å². The number of carbonyl (C=O) groups is 1. The molecule has 158 valence electrons. The Morgan fingerprint density at radius 1 is 1.19 bits per heavy atom. The number of hydrogen-bond acceptors (Lipinski definition) is 7. The van der Waals surface area contributed by atoms with Crippen molar-refractivity contribution in [2.24, 2.45) is 0 Å². The third-order valence-electron chi connectivity index (χ3n) is 5.90. The summed E-state index contributed by atoms with van der Waals surface area (Å²) < 4.78 is 5.67. The molecular formula is C24H25N5O2. The number of fused-ring (bicyclic) bond motifs is 2. The molecule has 0 radical (unpaired) electrons. The lowest BCUT2D eigenvalue weighted by atomic mass is 10.0. The number of ether oxygens (including phenoxy) is 1. The molecule has 0 atom stereocenters. The summed E-state index contributed by atoms with van der Waals surface area (Å²) >= 11 is 0. The first kappa shape index (κ1) is 19.4. The van der Waals surface area contributed by atoms with Gasteiger partial charge in [-0.2, -0.15) is 0 Å². The second-order valence-electron chi connectivity index (χ2n) is 7.93. The minimum atomic E-state index is 0.436. The molecule has 0 saturated heterocycles. The number of aldehydes is 1. The molecule has 0 saturated carbocycles. The summed E-state index contributed by atoms with van der Waals surface area (Å²) in [4.78, 5) is 22.2. The molecule has 2 aliphatic rings. The van der Waals surface area contributed by atoms with Gasteiger partial charge in [-0.25, -0.2) is 9.97 Å². The SMILES string of the molecule is Cc1c(N2CCc3cnc(Nc4ccc(CC=O)cc4)cc3C2)cnc2c1NCCO2. The minimum absolute atomic E-state index is 0.436. The van der Waals surface area contributed by atoms with Crippen LogP contribution in [0.1, 0.15) is 22.3 Å². The Kier molecular flexibility index (Phi) is 5.16. The highest BCUT2D eigenvalue weighted by atomic mass is 16.5. The fourth-order valence-corrected chi connectivity index (χ4v) is 4.21. The molecule has 0 fully saturated rings. The topological polar surface area (TPSA) is 79.4 Å². The molecule has 0 aliphatic carbocycles. The van der Waals surface area contributed by atoms with E-state index in [1.807, 2.05) is 36.7 Å². The Labute approximate surface area is 181 Å². The average molecular weight is 415 g/mol. The third-order valence-corrected chi connectivity index (χ3v) is 5.90. The Hall–Kier alpha value is -3.61. The highest BCUT2D eigenvalue weighted by Gasteiger charge is 2.23. The largest absolute Gasteiger partial charge is 0.474 e. The van der Waals surface area contributed by atoms with Gasteiger partial charge in [0.1, 0.15) is 24.4 Å². The average Bonchev–Trinajstić information content (AvgIpc) is 2.80. The zero-order valence-corrected chi connectivity index (χ0v) is 17.5. The molecule has 0 unspecified atom stereocenters. The first-order valence-corrected chi connectivity index (χ1v) is 10.6. The molecule has 2 N–H and O–H groups in total. The molecule has 4 heterocycles. The maximum atomic E-state index is 10.7. The number of nitrogens with zero attached hydrogens (tertiary/aromatic N) is 3. The number of carbonyl (C=O) groups excluding carboxylic acids is 1. The van der Waals surface area contributed by atoms with Crippen LogP contribution < -0.4 is 20.3 Å². The van der Waals surface area contributed by atoms with Gasteiger partial charge in [0.15, 0.2) is 0 Å². The van der Waals surface area contributed by atoms with Crippen LogP contribution in [0.5, 0.6) is 5.88 Å². The van der Waals surface area contributed by atoms with Gasteiger partial charge in [0.25, 0.3) is 0 Å². The van der Waals surface area contributed by atoms with Crippen molar-refractivity contribution >= 4 is 29.2 Å². The summed E-state index contributed by atoms with van der Waals surface area (Å²) in [6.07, 6.45) is 6.20. The van der Waals surface area contributed by atoms with Crippen LogP contribution in [-0.2, 0) is 24.2 Å². The molecule has 31 heavy (non-hydrogen) atoms. The smallest absolute Gasteiger partial charge is 0.237 e. The lowest BCUT2D eigenvalue weighted by Crippen LogP contribution is -2.32. The molecule has 0 amide bonds. The van der Waals surface area contributed by atoms with Gasteiger partial charge in [-0.05, 0) is 48.2 Å². The molecule has 2 aliphatic heterocycles. The predicted octanol–water partition coefficient (Wildman–Crippen LogP) is 3.64. The summed E-state index contributed by atoms with van der Waals surface area (Å²) in [6, 6.07) is 10.00. The van der Waals surface area contributed by atoms with Crippen LogP contribution in [0.25, 0.3) is 0 Å². The molecular weight excluding hydrogens is 390 g/mol. The molecule has 2 aromatic heterocycles. The van der Waals surface area contributed by atoms with Crippen molar-refractivity contribution in [1.29, 1.82) is 0 Å². The Balaban J connectivity index is 1.35. The molecule has 0 spiro atoms. The number of hydrogen-bond donors (Lipinski definition) is 2. The Bertz CT molecular complexity index is 1110. The molecule has 1 aromatic carbocycles. The van der Waals surface area contributed by atoms with Crippen LogP contribution in [0.3, 0.4) is 0 Å². The highest BCUT2D eigenvalue weighted by Crippen LogP contribution is 2.36. The van der Waals surface area contributed by atoms with Gasteiger partial charge < -0.3 is 25.1 Å².